The average Bonchev–Trinajstić information content (AvgIpc) is 3.04. The summed E-state index contributed by atoms with van der Waals surface area (Å²) in [6.07, 6.45) is 2.36. The number of esters is 2. The zero-order chi connectivity index (χ0) is 18.7. The van der Waals surface area contributed by atoms with Gasteiger partial charge >= 0.3 is 11.9 Å². The summed E-state index contributed by atoms with van der Waals surface area (Å²) in [5.41, 5.74) is 2.17. The zero-order valence-corrected chi connectivity index (χ0v) is 14.3. The van der Waals surface area contributed by atoms with Crippen LogP contribution in [0.4, 0.5) is 0 Å². The molecular weight excluding hydrogens is 336 g/mol. The Morgan fingerprint density at radius 1 is 1.08 bits per heavy atom. The third kappa shape index (κ3) is 3.39. The van der Waals surface area contributed by atoms with Crippen molar-refractivity contribution in [1.29, 1.82) is 0 Å². The number of ether oxygens (including phenoxy) is 3. The van der Waals surface area contributed by atoms with Crippen molar-refractivity contribution in [3.63, 3.8) is 0 Å². The van der Waals surface area contributed by atoms with Gasteiger partial charge in [-0.3, -0.25) is 4.79 Å². The second-order valence-corrected chi connectivity index (χ2v) is 5.78. The van der Waals surface area contributed by atoms with Crippen LogP contribution in [0.1, 0.15) is 28.7 Å². The van der Waals surface area contributed by atoms with Crippen molar-refractivity contribution in [2.45, 2.75) is 12.0 Å². The Balaban J connectivity index is 1.98. The molecule has 0 spiro atoms. The molecule has 0 amide bonds. The standard InChI is InChI=1S/C20H18O6/c1-24-17(22)10-4-12-3-9-16-15(11-12)18(20(23)25-2)19(26-16)13-5-7-14(21)8-6-13/h3-11,18-19,21H,1-2H3/b10-4+. The first-order chi connectivity index (χ1) is 12.5. The largest absolute Gasteiger partial charge is 0.508 e. The van der Waals surface area contributed by atoms with Crippen LogP contribution in [0.5, 0.6) is 11.5 Å². The minimum Gasteiger partial charge on any atom is -0.508 e. The highest BCUT2D eigenvalue weighted by molar-refractivity contribution is 5.87. The third-order valence-electron chi connectivity index (χ3n) is 4.22. The van der Waals surface area contributed by atoms with Crippen molar-refractivity contribution < 1.29 is 28.9 Å². The molecule has 1 aliphatic rings. The van der Waals surface area contributed by atoms with Gasteiger partial charge in [-0.25, -0.2) is 4.79 Å². The normalized spacial score (nSPS) is 18.2. The molecule has 0 bridgehead atoms. The fourth-order valence-corrected chi connectivity index (χ4v) is 2.92. The number of benzene rings is 2. The SMILES string of the molecule is COC(=O)/C=C/c1ccc2c(c1)C(C(=O)OC)C(c1ccc(O)cc1)O2. The van der Waals surface area contributed by atoms with Crippen molar-refractivity contribution >= 4 is 18.0 Å². The third-order valence-corrected chi connectivity index (χ3v) is 4.22. The second kappa shape index (κ2) is 7.31. The Kier molecular flexibility index (Phi) is 4.93. The van der Waals surface area contributed by atoms with E-state index in [0.29, 0.717) is 11.3 Å². The van der Waals surface area contributed by atoms with Gasteiger partial charge in [-0.1, -0.05) is 18.2 Å². The van der Waals surface area contributed by atoms with Crippen LogP contribution < -0.4 is 4.74 Å². The van der Waals surface area contributed by atoms with E-state index in [1.54, 1.807) is 48.5 Å². The van der Waals surface area contributed by atoms with Gasteiger partial charge in [-0.2, -0.15) is 0 Å². The lowest BCUT2D eigenvalue weighted by Gasteiger charge is -2.17. The minimum atomic E-state index is -0.647. The van der Waals surface area contributed by atoms with Gasteiger partial charge in [0.05, 0.1) is 14.2 Å². The number of rotatable bonds is 4. The molecule has 0 radical (unpaired) electrons. The number of carbonyl (C=O) groups excluding carboxylic acids is 2. The van der Waals surface area contributed by atoms with E-state index in [1.807, 2.05) is 0 Å². The zero-order valence-electron chi connectivity index (χ0n) is 14.3. The molecule has 2 atom stereocenters. The van der Waals surface area contributed by atoms with E-state index in [1.165, 1.54) is 20.3 Å². The Labute approximate surface area is 150 Å². The van der Waals surface area contributed by atoms with Gasteiger partial charge in [0.2, 0.25) is 0 Å². The number of phenols is 1. The molecular formula is C20H18O6. The Morgan fingerprint density at radius 2 is 1.81 bits per heavy atom. The fraction of sp³-hybridized carbons (Fsp3) is 0.200. The molecule has 0 aromatic heterocycles. The lowest BCUT2D eigenvalue weighted by Crippen LogP contribution is -2.20. The van der Waals surface area contributed by atoms with Crippen LogP contribution >= 0.6 is 0 Å². The second-order valence-electron chi connectivity index (χ2n) is 5.78. The minimum absolute atomic E-state index is 0.133. The highest BCUT2D eigenvalue weighted by Gasteiger charge is 2.41. The molecule has 0 aliphatic carbocycles. The number of fused-ring (bicyclic) bond motifs is 1. The number of carbonyl (C=O) groups is 2. The van der Waals surface area contributed by atoms with Crippen molar-refractivity contribution in [2.24, 2.45) is 0 Å². The maximum absolute atomic E-state index is 12.4. The molecule has 2 aromatic carbocycles. The van der Waals surface area contributed by atoms with E-state index in [0.717, 1.165) is 11.1 Å². The predicted molar refractivity (Wildman–Crippen MR) is 93.7 cm³/mol. The van der Waals surface area contributed by atoms with Crippen LogP contribution in [0.15, 0.2) is 48.5 Å². The molecule has 1 N–H and O–H groups in total. The van der Waals surface area contributed by atoms with Gasteiger partial charge < -0.3 is 19.3 Å². The molecule has 2 unspecified atom stereocenters. The number of methoxy groups -OCH3 is 2. The first-order valence-corrected chi connectivity index (χ1v) is 7.97. The summed E-state index contributed by atoms with van der Waals surface area (Å²) in [4.78, 5) is 23.7. The summed E-state index contributed by atoms with van der Waals surface area (Å²) in [6, 6.07) is 11.8. The monoisotopic (exact) mass is 354 g/mol. The summed E-state index contributed by atoms with van der Waals surface area (Å²) >= 11 is 0. The maximum Gasteiger partial charge on any atom is 0.330 e. The van der Waals surface area contributed by atoms with Crippen LogP contribution in [0.25, 0.3) is 6.08 Å². The molecule has 1 heterocycles. The fourth-order valence-electron chi connectivity index (χ4n) is 2.92. The van der Waals surface area contributed by atoms with Gasteiger partial charge in [-0.05, 0) is 41.5 Å². The van der Waals surface area contributed by atoms with Gasteiger partial charge in [0, 0.05) is 11.6 Å². The van der Waals surface area contributed by atoms with Crippen LogP contribution in [0, 0.1) is 0 Å². The summed E-state index contributed by atoms with van der Waals surface area (Å²) in [7, 11) is 2.63. The average molecular weight is 354 g/mol. The van der Waals surface area contributed by atoms with Crippen molar-refractivity contribution in [2.75, 3.05) is 14.2 Å². The molecule has 0 fully saturated rings. The number of hydrogen-bond donors (Lipinski definition) is 1. The smallest absolute Gasteiger partial charge is 0.330 e. The molecule has 6 nitrogen and oxygen atoms in total. The Bertz CT molecular complexity index is 853. The summed E-state index contributed by atoms with van der Waals surface area (Å²) in [6.45, 7) is 0. The van der Waals surface area contributed by atoms with E-state index < -0.39 is 24.0 Å². The molecule has 0 saturated carbocycles. The van der Waals surface area contributed by atoms with E-state index in [2.05, 4.69) is 4.74 Å². The summed E-state index contributed by atoms with van der Waals surface area (Å²) in [5, 5.41) is 9.48. The van der Waals surface area contributed by atoms with Gasteiger partial charge in [0.25, 0.3) is 0 Å². The van der Waals surface area contributed by atoms with Crippen molar-refractivity contribution in [3.05, 3.63) is 65.2 Å². The molecule has 2 aromatic rings. The molecule has 0 saturated heterocycles. The lowest BCUT2D eigenvalue weighted by molar-refractivity contribution is -0.144. The number of phenolic OH excluding ortho intramolecular Hbond substituents is 1. The first-order valence-electron chi connectivity index (χ1n) is 7.97. The van der Waals surface area contributed by atoms with Crippen molar-refractivity contribution in [1.82, 2.24) is 0 Å². The van der Waals surface area contributed by atoms with Crippen LogP contribution in [0.2, 0.25) is 0 Å². The molecule has 3 rings (SSSR count). The van der Waals surface area contributed by atoms with E-state index in [9.17, 15) is 14.7 Å². The van der Waals surface area contributed by atoms with E-state index >= 15 is 0 Å². The van der Waals surface area contributed by atoms with Crippen LogP contribution in [0.3, 0.4) is 0 Å². The molecule has 1 aliphatic heterocycles. The summed E-state index contributed by atoms with van der Waals surface area (Å²) < 4.78 is 15.5. The van der Waals surface area contributed by atoms with Crippen LogP contribution in [-0.4, -0.2) is 31.3 Å². The Morgan fingerprint density at radius 3 is 2.46 bits per heavy atom. The lowest BCUT2D eigenvalue weighted by atomic mass is 9.90. The van der Waals surface area contributed by atoms with Gasteiger partial charge in [0.15, 0.2) is 0 Å². The number of hydrogen-bond acceptors (Lipinski definition) is 6. The first kappa shape index (κ1) is 17.5. The highest BCUT2D eigenvalue weighted by atomic mass is 16.5. The maximum atomic E-state index is 12.4. The van der Waals surface area contributed by atoms with Gasteiger partial charge in [-0.15, -0.1) is 0 Å². The van der Waals surface area contributed by atoms with Crippen LogP contribution in [-0.2, 0) is 19.1 Å². The molecule has 6 heteroatoms. The van der Waals surface area contributed by atoms with Crippen molar-refractivity contribution in [3.8, 4) is 11.5 Å². The van der Waals surface area contributed by atoms with Gasteiger partial charge in [0.1, 0.15) is 23.5 Å². The molecule has 134 valence electrons. The number of aromatic hydroxyl groups is 1. The molecule has 26 heavy (non-hydrogen) atoms. The van der Waals surface area contributed by atoms with E-state index in [4.69, 9.17) is 9.47 Å². The predicted octanol–water partition coefficient (Wildman–Crippen LogP) is 2.97. The topological polar surface area (TPSA) is 82.1 Å². The van der Waals surface area contributed by atoms with E-state index in [-0.39, 0.29) is 5.75 Å². The summed E-state index contributed by atoms with van der Waals surface area (Å²) in [5.74, 6) is -0.821. The quantitative estimate of drug-likeness (QED) is 0.671. The Hall–Kier alpha value is -3.28. The highest BCUT2D eigenvalue weighted by Crippen LogP contribution is 2.47.